The number of rotatable bonds is 5. The molecule has 166 valence electrons. The number of morpholine rings is 1. The van der Waals surface area contributed by atoms with Gasteiger partial charge in [-0.25, -0.2) is 0 Å². The normalized spacial score (nSPS) is 18.6. The summed E-state index contributed by atoms with van der Waals surface area (Å²) in [4.78, 5) is 50.8. The third-order valence-corrected chi connectivity index (χ3v) is 5.35. The molecule has 1 aromatic rings. The van der Waals surface area contributed by atoms with Crippen LogP contribution >= 0.6 is 11.8 Å². The van der Waals surface area contributed by atoms with Crippen LogP contribution in [0.25, 0.3) is 6.08 Å². The van der Waals surface area contributed by atoms with Gasteiger partial charge in [0.25, 0.3) is 16.8 Å². The second-order valence-electron chi connectivity index (χ2n) is 7.95. The quantitative estimate of drug-likeness (QED) is 0.289. The van der Waals surface area contributed by atoms with Gasteiger partial charge in [-0.05, 0) is 44.7 Å². The average molecular weight is 449 g/mol. The molecule has 3 rings (SSSR count). The number of nitrogens with zero attached hydrogens (tertiary/aromatic N) is 3. The van der Waals surface area contributed by atoms with Gasteiger partial charge in [-0.15, -0.1) is 0 Å². The molecule has 10 nitrogen and oxygen atoms in total. The van der Waals surface area contributed by atoms with Crippen LogP contribution in [0.2, 0.25) is 0 Å². The standard InChI is InChI=1S/C20H23N3O7S/c1-20(2,3)30-17(24)12-22-18(25)16(31-19(22)26)11-13-10-14(23(27)28)4-5-15(13)21-6-8-29-9-7-21/h4-5,10-11H,6-9,12H2,1-3H3. The number of nitro groups is 1. The summed E-state index contributed by atoms with van der Waals surface area (Å²) in [6.45, 7) is 6.80. The van der Waals surface area contributed by atoms with Crippen molar-refractivity contribution in [1.29, 1.82) is 0 Å². The van der Waals surface area contributed by atoms with Crippen LogP contribution in [0.4, 0.5) is 16.2 Å². The minimum atomic E-state index is -0.745. The highest BCUT2D eigenvalue weighted by Crippen LogP contribution is 2.35. The molecule has 0 spiro atoms. The molecule has 1 aromatic carbocycles. The Morgan fingerprint density at radius 3 is 2.58 bits per heavy atom. The van der Waals surface area contributed by atoms with E-state index >= 15 is 0 Å². The predicted octanol–water partition coefficient (Wildman–Crippen LogP) is 2.81. The van der Waals surface area contributed by atoms with Gasteiger partial charge in [0.05, 0.1) is 23.0 Å². The third-order valence-electron chi connectivity index (χ3n) is 4.44. The first-order valence-electron chi connectivity index (χ1n) is 9.63. The number of anilines is 1. The molecule has 2 fully saturated rings. The van der Waals surface area contributed by atoms with Crippen LogP contribution in [0.15, 0.2) is 23.1 Å². The number of benzene rings is 1. The first-order valence-corrected chi connectivity index (χ1v) is 10.4. The molecule has 0 unspecified atom stereocenters. The number of thioether (sulfide) groups is 1. The Hall–Kier alpha value is -2.92. The van der Waals surface area contributed by atoms with Crippen molar-refractivity contribution in [2.75, 3.05) is 37.7 Å². The minimum Gasteiger partial charge on any atom is -0.459 e. The van der Waals surface area contributed by atoms with E-state index in [-0.39, 0.29) is 10.6 Å². The van der Waals surface area contributed by atoms with Crippen molar-refractivity contribution in [1.82, 2.24) is 4.90 Å². The molecule has 2 heterocycles. The molecule has 0 aliphatic carbocycles. The topological polar surface area (TPSA) is 119 Å². The maximum Gasteiger partial charge on any atom is 0.326 e. The fraction of sp³-hybridized carbons (Fsp3) is 0.450. The van der Waals surface area contributed by atoms with Crippen LogP contribution in [-0.2, 0) is 19.1 Å². The van der Waals surface area contributed by atoms with E-state index in [4.69, 9.17) is 9.47 Å². The van der Waals surface area contributed by atoms with E-state index in [1.54, 1.807) is 26.8 Å². The molecule has 0 atom stereocenters. The maximum absolute atomic E-state index is 12.8. The molecular formula is C20H23N3O7S. The van der Waals surface area contributed by atoms with Crippen molar-refractivity contribution in [3.8, 4) is 0 Å². The molecule has 0 bridgehead atoms. The molecule has 2 aliphatic heterocycles. The van der Waals surface area contributed by atoms with E-state index < -0.39 is 34.2 Å². The van der Waals surface area contributed by atoms with Crippen molar-refractivity contribution < 1.29 is 28.8 Å². The van der Waals surface area contributed by atoms with Crippen LogP contribution in [-0.4, -0.2) is 65.4 Å². The number of carbonyl (C=O) groups is 3. The average Bonchev–Trinajstić information content (AvgIpc) is 2.94. The van der Waals surface area contributed by atoms with E-state index in [9.17, 15) is 24.5 Å². The van der Waals surface area contributed by atoms with Crippen LogP contribution in [0.5, 0.6) is 0 Å². The summed E-state index contributed by atoms with van der Waals surface area (Å²) < 4.78 is 10.5. The highest BCUT2D eigenvalue weighted by molar-refractivity contribution is 8.18. The largest absolute Gasteiger partial charge is 0.459 e. The Labute approximate surface area is 183 Å². The zero-order valence-corrected chi connectivity index (χ0v) is 18.3. The van der Waals surface area contributed by atoms with Crippen molar-refractivity contribution in [3.05, 3.63) is 38.8 Å². The predicted molar refractivity (Wildman–Crippen MR) is 115 cm³/mol. The van der Waals surface area contributed by atoms with Crippen LogP contribution in [0.3, 0.4) is 0 Å². The molecule has 31 heavy (non-hydrogen) atoms. The van der Waals surface area contributed by atoms with Gasteiger partial charge in [0, 0.05) is 36.5 Å². The van der Waals surface area contributed by atoms with Gasteiger partial charge in [-0.1, -0.05) is 0 Å². The van der Waals surface area contributed by atoms with E-state index in [0.29, 0.717) is 49.3 Å². The Morgan fingerprint density at radius 2 is 1.97 bits per heavy atom. The number of ether oxygens (including phenoxy) is 2. The summed E-state index contributed by atoms with van der Waals surface area (Å²) in [6, 6.07) is 4.39. The number of esters is 1. The molecule has 11 heteroatoms. The van der Waals surface area contributed by atoms with Crippen LogP contribution in [0.1, 0.15) is 26.3 Å². The van der Waals surface area contributed by atoms with E-state index in [1.165, 1.54) is 18.2 Å². The summed E-state index contributed by atoms with van der Waals surface area (Å²) in [5, 5.41) is 10.7. The summed E-state index contributed by atoms with van der Waals surface area (Å²) in [5.74, 6) is -1.33. The number of imide groups is 1. The number of carbonyl (C=O) groups excluding carboxylic acids is 3. The summed E-state index contributed by atoms with van der Waals surface area (Å²) in [7, 11) is 0. The molecule has 2 aliphatic rings. The van der Waals surface area contributed by atoms with E-state index in [2.05, 4.69) is 0 Å². The zero-order valence-electron chi connectivity index (χ0n) is 17.5. The second-order valence-corrected chi connectivity index (χ2v) is 8.95. The van der Waals surface area contributed by atoms with Gasteiger partial charge in [-0.2, -0.15) is 0 Å². The summed E-state index contributed by atoms with van der Waals surface area (Å²) in [5.41, 5.74) is 0.271. The van der Waals surface area contributed by atoms with Gasteiger partial charge >= 0.3 is 5.97 Å². The van der Waals surface area contributed by atoms with Crippen molar-refractivity contribution in [2.45, 2.75) is 26.4 Å². The third kappa shape index (κ3) is 5.61. The van der Waals surface area contributed by atoms with Crippen molar-refractivity contribution >= 4 is 46.3 Å². The number of nitro benzene ring substituents is 1. The maximum atomic E-state index is 12.8. The number of non-ortho nitro benzene ring substituents is 1. The molecule has 0 aromatic heterocycles. The van der Waals surface area contributed by atoms with Crippen molar-refractivity contribution in [3.63, 3.8) is 0 Å². The van der Waals surface area contributed by atoms with Crippen molar-refractivity contribution in [2.24, 2.45) is 0 Å². The summed E-state index contributed by atoms with van der Waals surface area (Å²) in [6.07, 6.45) is 1.46. The van der Waals surface area contributed by atoms with E-state index in [0.717, 1.165) is 4.90 Å². The lowest BCUT2D eigenvalue weighted by molar-refractivity contribution is -0.384. The lowest BCUT2D eigenvalue weighted by Crippen LogP contribution is -2.37. The lowest BCUT2D eigenvalue weighted by Gasteiger charge is -2.30. The van der Waals surface area contributed by atoms with Crippen LogP contribution in [0, 0.1) is 10.1 Å². The number of hydrogen-bond acceptors (Lipinski definition) is 9. The molecule has 2 amide bonds. The summed E-state index contributed by atoms with van der Waals surface area (Å²) >= 11 is 0.684. The number of hydrogen-bond donors (Lipinski definition) is 0. The van der Waals surface area contributed by atoms with Gasteiger partial charge in [-0.3, -0.25) is 29.4 Å². The molecule has 2 saturated heterocycles. The Bertz CT molecular complexity index is 949. The lowest BCUT2D eigenvalue weighted by atomic mass is 10.1. The SMILES string of the molecule is CC(C)(C)OC(=O)CN1C(=O)SC(=Cc2cc([N+](=O)[O-])ccc2N2CCOCC2)C1=O. The Kier molecular flexibility index (Phi) is 6.65. The van der Waals surface area contributed by atoms with Gasteiger partial charge in [0.2, 0.25) is 0 Å². The first kappa shape index (κ1) is 22.8. The molecular weight excluding hydrogens is 426 g/mol. The van der Waals surface area contributed by atoms with Gasteiger partial charge in [0.1, 0.15) is 12.1 Å². The van der Waals surface area contributed by atoms with E-state index in [1.807, 2.05) is 4.90 Å². The fourth-order valence-corrected chi connectivity index (χ4v) is 3.97. The smallest absolute Gasteiger partial charge is 0.326 e. The van der Waals surface area contributed by atoms with Gasteiger partial charge < -0.3 is 14.4 Å². The second kappa shape index (κ2) is 9.06. The van der Waals surface area contributed by atoms with Crippen LogP contribution < -0.4 is 4.90 Å². The first-order chi connectivity index (χ1) is 14.5. The molecule has 0 radical (unpaired) electrons. The zero-order chi connectivity index (χ0) is 22.8. The Morgan fingerprint density at radius 1 is 1.29 bits per heavy atom. The Balaban J connectivity index is 1.88. The minimum absolute atomic E-state index is 0.0866. The monoisotopic (exact) mass is 449 g/mol. The molecule has 0 saturated carbocycles. The fourth-order valence-electron chi connectivity index (χ4n) is 3.14. The highest BCUT2D eigenvalue weighted by Gasteiger charge is 2.37. The van der Waals surface area contributed by atoms with Gasteiger partial charge in [0.15, 0.2) is 0 Å². The molecule has 0 N–H and O–H groups in total. The number of amides is 2. The highest BCUT2D eigenvalue weighted by atomic mass is 32.2.